The van der Waals surface area contributed by atoms with Crippen molar-refractivity contribution in [2.75, 3.05) is 50.0 Å². The highest BCUT2D eigenvalue weighted by molar-refractivity contribution is 7.93. The lowest BCUT2D eigenvalue weighted by Gasteiger charge is -2.35. The predicted octanol–water partition coefficient (Wildman–Crippen LogP) is 3.90. The minimum atomic E-state index is -4.13. The monoisotopic (exact) mass is 560 g/mol. The van der Waals surface area contributed by atoms with E-state index in [0.717, 1.165) is 22.4 Å². The lowest BCUT2D eigenvalue weighted by atomic mass is 9.98. The molecule has 5 rings (SSSR count). The van der Waals surface area contributed by atoms with Gasteiger partial charge in [0.05, 0.1) is 19.6 Å². The van der Waals surface area contributed by atoms with Gasteiger partial charge in [0.25, 0.3) is 15.9 Å². The van der Waals surface area contributed by atoms with E-state index in [4.69, 9.17) is 20.4 Å². The number of sulfonamides is 1. The first-order valence-corrected chi connectivity index (χ1v) is 14.0. The number of piperazine rings is 1. The average Bonchev–Trinajstić information content (AvgIpc) is 3.36. The summed E-state index contributed by atoms with van der Waals surface area (Å²) in [5.41, 5.74) is 4.26. The van der Waals surface area contributed by atoms with Crippen LogP contribution in [-0.2, 0) is 14.8 Å². The van der Waals surface area contributed by atoms with Crippen molar-refractivity contribution >= 4 is 38.4 Å². The van der Waals surface area contributed by atoms with E-state index < -0.39 is 10.0 Å². The molecule has 1 aromatic heterocycles. The number of benzene rings is 3. The van der Waals surface area contributed by atoms with Gasteiger partial charge in [-0.15, -0.1) is 6.42 Å². The number of hydrogen-bond acceptors (Lipinski definition) is 8. The number of nitrogens with one attached hydrogen (secondary N) is 1. The molecule has 1 saturated heterocycles. The minimum absolute atomic E-state index is 0.0609. The number of terminal acetylenes is 1. The van der Waals surface area contributed by atoms with Crippen LogP contribution in [0.1, 0.15) is 5.56 Å². The Balaban J connectivity index is 1.43. The molecule has 0 saturated carbocycles. The van der Waals surface area contributed by atoms with Crippen LogP contribution in [0.15, 0.2) is 64.0 Å². The number of aryl methyl sites for hydroxylation is 1. The Morgan fingerprint density at radius 1 is 1.02 bits per heavy atom. The molecule has 3 aromatic carbocycles. The second-order valence-electron chi connectivity index (χ2n) is 9.27. The van der Waals surface area contributed by atoms with Crippen molar-refractivity contribution in [3.8, 4) is 35.0 Å². The summed E-state index contributed by atoms with van der Waals surface area (Å²) in [5, 5.41) is 4.53. The van der Waals surface area contributed by atoms with E-state index in [2.05, 4.69) is 26.8 Å². The van der Waals surface area contributed by atoms with Gasteiger partial charge in [-0.1, -0.05) is 23.4 Å². The Bertz CT molecular complexity index is 1710. The molecule has 0 unspecified atom stereocenters. The van der Waals surface area contributed by atoms with Crippen molar-refractivity contribution in [2.24, 2.45) is 0 Å². The number of aromatic nitrogens is 1. The van der Waals surface area contributed by atoms with Crippen LogP contribution in [0.2, 0.25) is 0 Å². The van der Waals surface area contributed by atoms with Gasteiger partial charge in [-0.3, -0.25) is 9.52 Å². The first-order valence-electron chi connectivity index (χ1n) is 12.5. The molecule has 0 spiro atoms. The number of amides is 1. The van der Waals surface area contributed by atoms with Crippen molar-refractivity contribution in [3.63, 3.8) is 0 Å². The third-order valence-electron chi connectivity index (χ3n) is 6.91. The van der Waals surface area contributed by atoms with Crippen LogP contribution in [0.25, 0.3) is 22.1 Å². The maximum atomic E-state index is 13.3. The lowest BCUT2D eigenvalue weighted by Crippen LogP contribution is -2.48. The maximum Gasteiger partial charge on any atom is 0.298 e. The second-order valence-corrected chi connectivity index (χ2v) is 10.9. The first-order chi connectivity index (χ1) is 19.2. The number of methoxy groups -OCH3 is 2. The molecule has 1 fully saturated rings. The smallest absolute Gasteiger partial charge is 0.298 e. The molecule has 40 heavy (non-hydrogen) atoms. The van der Waals surface area contributed by atoms with Gasteiger partial charge in [-0.05, 0) is 65.9 Å². The summed E-state index contributed by atoms with van der Waals surface area (Å²) in [6.45, 7) is 4.43. The van der Waals surface area contributed by atoms with E-state index >= 15 is 0 Å². The third kappa shape index (κ3) is 5.01. The molecular formula is C29H28N4O6S. The number of rotatable bonds is 7. The number of anilines is 2. The number of ether oxygens (including phenoxy) is 2. The Hall–Kier alpha value is -4.69. The van der Waals surface area contributed by atoms with Gasteiger partial charge in [-0.25, -0.2) is 8.42 Å². The molecule has 2 heterocycles. The zero-order valence-corrected chi connectivity index (χ0v) is 23.1. The molecule has 1 amide bonds. The molecule has 0 bridgehead atoms. The number of nitrogens with zero attached hydrogens (tertiary/aromatic N) is 3. The summed E-state index contributed by atoms with van der Waals surface area (Å²) in [4.78, 5) is 15.6. The topological polar surface area (TPSA) is 114 Å². The van der Waals surface area contributed by atoms with Crippen LogP contribution in [0.3, 0.4) is 0 Å². The molecule has 11 heteroatoms. The summed E-state index contributed by atoms with van der Waals surface area (Å²) >= 11 is 0. The highest BCUT2D eigenvalue weighted by Crippen LogP contribution is 2.37. The normalized spacial score (nSPS) is 13.7. The molecular weight excluding hydrogens is 532 g/mol. The largest absolute Gasteiger partial charge is 0.495 e. The maximum absolute atomic E-state index is 13.3. The zero-order valence-electron chi connectivity index (χ0n) is 22.3. The summed E-state index contributed by atoms with van der Waals surface area (Å²) in [6.07, 6.45) is 5.26. The molecule has 0 atom stereocenters. The summed E-state index contributed by atoms with van der Waals surface area (Å²) in [5.74, 6) is 2.24. The number of fused-ring (bicyclic) bond motifs is 1. The zero-order chi connectivity index (χ0) is 28.4. The number of hydrogen-bond donors (Lipinski definition) is 1. The third-order valence-corrected chi connectivity index (χ3v) is 8.31. The van der Waals surface area contributed by atoms with E-state index in [1.165, 1.54) is 14.2 Å². The van der Waals surface area contributed by atoms with E-state index in [0.29, 0.717) is 37.1 Å². The molecule has 1 aliphatic heterocycles. The predicted molar refractivity (Wildman–Crippen MR) is 152 cm³/mol. The van der Waals surface area contributed by atoms with Crippen LogP contribution >= 0.6 is 0 Å². The van der Waals surface area contributed by atoms with Crippen LogP contribution in [0, 0.1) is 19.3 Å². The van der Waals surface area contributed by atoms with Crippen LogP contribution in [0.5, 0.6) is 11.5 Å². The fourth-order valence-corrected chi connectivity index (χ4v) is 6.20. The molecule has 0 radical (unpaired) electrons. The van der Waals surface area contributed by atoms with Gasteiger partial charge >= 0.3 is 0 Å². The van der Waals surface area contributed by atoms with Crippen molar-refractivity contribution in [2.45, 2.75) is 11.8 Å². The summed E-state index contributed by atoms with van der Waals surface area (Å²) in [7, 11) is -1.35. The number of carbonyl (C=O) groups excluding carboxylic acids is 1. The van der Waals surface area contributed by atoms with Crippen molar-refractivity contribution in [3.05, 3.63) is 60.2 Å². The van der Waals surface area contributed by atoms with Gasteiger partial charge in [0, 0.05) is 31.9 Å². The molecule has 1 aliphatic rings. The standard InChI is InChI=1S/C29H28N4O6S/c1-5-27(34)33-14-12-32(13-15-33)21-9-6-8-20(17-21)22-18-26-23(16-19(22)2)29(30-39-26)31-40(35,36)28-24(37-3)10-7-11-25(28)38-4/h1,6-11,16-18H,12-15H2,2-4H3,(H,30,31). The van der Waals surface area contributed by atoms with E-state index in [9.17, 15) is 13.2 Å². The first kappa shape index (κ1) is 26.9. The van der Waals surface area contributed by atoms with Crippen LogP contribution < -0.4 is 19.1 Å². The Morgan fingerprint density at radius 3 is 2.35 bits per heavy atom. The fourth-order valence-electron chi connectivity index (χ4n) is 4.87. The summed E-state index contributed by atoms with van der Waals surface area (Å²) in [6, 6.07) is 16.5. The average molecular weight is 561 g/mol. The van der Waals surface area contributed by atoms with E-state index in [1.54, 1.807) is 23.1 Å². The molecule has 10 nitrogen and oxygen atoms in total. The molecule has 1 N–H and O–H groups in total. The lowest BCUT2D eigenvalue weighted by molar-refractivity contribution is -0.125. The SMILES string of the molecule is C#CC(=O)N1CCN(c2cccc(-c3cc4onc(NS(=O)(=O)c5c(OC)cccc5OC)c4cc3C)c2)CC1. The molecule has 0 aliphatic carbocycles. The Labute approximate surface area is 232 Å². The Kier molecular flexibility index (Phi) is 7.28. The van der Waals surface area contributed by atoms with Crippen LogP contribution in [-0.4, -0.2) is 64.8 Å². The molecule has 4 aromatic rings. The molecule has 206 valence electrons. The Morgan fingerprint density at radius 2 is 1.70 bits per heavy atom. The minimum Gasteiger partial charge on any atom is -0.495 e. The van der Waals surface area contributed by atoms with Crippen molar-refractivity contribution in [1.29, 1.82) is 0 Å². The fraction of sp³-hybridized carbons (Fsp3) is 0.241. The van der Waals surface area contributed by atoms with Gasteiger partial charge in [0.1, 0.15) is 11.5 Å². The van der Waals surface area contributed by atoms with Crippen LogP contribution in [0.4, 0.5) is 11.5 Å². The van der Waals surface area contributed by atoms with E-state index in [-0.39, 0.29) is 28.1 Å². The van der Waals surface area contributed by atoms with E-state index in [1.807, 2.05) is 37.3 Å². The highest BCUT2D eigenvalue weighted by atomic mass is 32.2. The second kappa shape index (κ2) is 10.8. The van der Waals surface area contributed by atoms with Crippen molar-refractivity contribution in [1.82, 2.24) is 10.1 Å². The van der Waals surface area contributed by atoms with Gasteiger partial charge < -0.3 is 23.8 Å². The quantitative estimate of drug-likeness (QED) is 0.339. The summed E-state index contributed by atoms with van der Waals surface area (Å²) < 4.78 is 45.3. The number of carbonyl (C=O) groups is 1. The van der Waals surface area contributed by atoms with Gasteiger partial charge in [-0.2, -0.15) is 0 Å². The highest BCUT2D eigenvalue weighted by Gasteiger charge is 2.27. The van der Waals surface area contributed by atoms with Gasteiger partial charge in [0.15, 0.2) is 16.3 Å². The van der Waals surface area contributed by atoms with Gasteiger partial charge in [0.2, 0.25) is 0 Å². The van der Waals surface area contributed by atoms with Crippen molar-refractivity contribution < 1.29 is 27.2 Å².